The lowest BCUT2D eigenvalue weighted by atomic mass is 10.0. The predicted octanol–water partition coefficient (Wildman–Crippen LogP) is 4.16. The summed E-state index contributed by atoms with van der Waals surface area (Å²) in [6.07, 6.45) is 0. The number of nitrogen functional groups attached to an aromatic ring is 1. The van der Waals surface area contributed by atoms with Gasteiger partial charge in [0.05, 0.1) is 0 Å². The largest absolute Gasteiger partial charge is 0.399 e. The van der Waals surface area contributed by atoms with E-state index in [-0.39, 0.29) is 0 Å². The average Bonchev–Trinajstić information content (AvgIpc) is 2.39. The molecule has 2 rings (SSSR count). The number of thioether (sulfide) groups is 1. The Hall–Kier alpha value is -1.41. The summed E-state index contributed by atoms with van der Waals surface area (Å²) in [7, 11) is 0. The van der Waals surface area contributed by atoms with E-state index in [2.05, 4.69) is 49.4 Å². The zero-order valence-corrected chi connectivity index (χ0v) is 10.8. The zero-order valence-electron chi connectivity index (χ0n) is 9.97. The Morgan fingerprint density at radius 3 is 2.29 bits per heavy atom. The number of nitrogens with two attached hydrogens (primary N) is 1. The van der Waals surface area contributed by atoms with Crippen molar-refractivity contribution in [3.05, 3.63) is 60.2 Å². The second-order valence-corrected chi connectivity index (χ2v) is 5.29. The van der Waals surface area contributed by atoms with Gasteiger partial charge in [-0.1, -0.05) is 37.3 Å². The van der Waals surface area contributed by atoms with Gasteiger partial charge in [0, 0.05) is 16.3 Å². The van der Waals surface area contributed by atoms with Crippen LogP contribution in [0.1, 0.15) is 18.4 Å². The van der Waals surface area contributed by atoms with Gasteiger partial charge >= 0.3 is 0 Å². The van der Waals surface area contributed by atoms with Crippen LogP contribution in [0.5, 0.6) is 0 Å². The maximum absolute atomic E-state index is 5.66. The summed E-state index contributed by atoms with van der Waals surface area (Å²) in [5.41, 5.74) is 7.89. The van der Waals surface area contributed by atoms with Gasteiger partial charge in [-0.2, -0.15) is 0 Å². The monoisotopic (exact) mass is 243 g/mol. The molecule has 1 nitrogen and oxygen atoms in total. The topological polar surface area (TPSA) is 26.0 Å². The highest BCUT2D eigenvalue weighted by Crippen LogP contribution is 2.26. The minimum absolute atomic E-state index is 0.568. The fourth-order valence-electron chi connectivity index (χ4n) is 1.66. The van der Waals surface area contributed by atoms with E-state index in [1.165, 1.54) is 10.5 Å². The molecule has 0 aliphatic rings. The number of hydrogen-bond acceptors (Lipinski definition) is 2. The van der Waals surface area contributed by atoms with Crippen molar-refractivity contribution >= 4 is 17.4 Å². The van der Waals surface area contributed by atoms with Gasteiger partial charge in [0.1, 0.15) is 0 Å². The van der Waals surface area contributed by atoms with Crippen molar-refractivity contribution in [2.75, 3.05) is 11.5 Å². The molecule has 2 N–H and O–H groups in total. The molecule has 2 aromatic rings. The Kier molecular flexibility index (Phi) is 4.10. The number of hydrogen-bond donors (Lipinski definition) is 1. The van der Waals surface area contributed by atoms with Gasteiger partial charge in [-0.25, -0.2) is 0 Å². The van der Waals surface area contributed by atoms with E-state index < -0.39 is 0 Å². The van der Waals surface area contributed by atoms with Crippen LogP contribution < -0.4 is 5.73 Å². The molecule has 0 amide bonds. The summed E-state index contributed by atoms with van der Waals surface area (Å²) in [4.78, 5) is 1.28. The molecule has 0 aliphatic carbocycles. The molecule has 0 bridgehead atoms. The van der Waals surface area contributed by atoms with Crippen molar-refractivity contribution in [3.8, 4) is 0 Å². The van der Waals surface area contributed by atoms with Crippen molar-refractivity contribution in [2.24, 2.45) is 0 Å². The lowest BCUT2D eigenvalue weighted by Gasteiger charge is -2.11. The minimum atomic E-state index is 0.568. The van der Waals surface area contributed by atoms with Crippen molar-refractivity contribution in [1.29, 1.82) is 0 Å². The molecular weight excluding hydrogens is 226 g/mol. The van der Waals surface area contributed by atoms with Gasteiger partial charge in [-0.3, -0.25) is 0 Å². The number of rotatable bonds is 4. The molecule has 0 saturated carbocycles. The van der Waals surface area contributed by atoms with Gasteiger partial charge in [0.25, 0.3) is 0 Å². The number of benzene rings is 2. The molecule has 0 aromatic heterocycles. The fraction of sp³-hybridized carbons (Fsp3) is 0.200. The molecule has 2 heteroatoms. The van der Waals surface area contributed by atoms with Crippen LogP contribution in [0.15, 0.2) is 59.5 Å². The second-order valence-electron chi connectivity index (χ2n) is 4.19. The lowest BCUT2D eigenvalue weighted by Crippen LogP contribution is -1.96. The predicted molar refractivity (Wildman–Crippen MR) is 76.4 cm³/mol. The highest BCUT2D eigenvalue weighted by Gasteiger charge is 2.05. The summed E-state index contributed by atoms with van der Waals surface area (Å²) in [6, 6.07) is 18.7. The van der Waals surface area contributed by atoms with E-state index in [1.54, 1.807) is 0 Å². The summed E-state index contributed by atoms with van der Waals surface area (Å²) in [5, 5.41) is 0. The summed E-state index contributed by atoms with van der Waals surface area (Å²) < 4.78 is 0. The quantitative estimate of drug-likeness (QED) is 0.644. The molecule has 88 valence electrons. The third kappa shape index (κ3) is 3.53. The van der Waals surface area contributed by atoms with Crippen molar-refractivity contribution in [2.45, 2.75) is 17.7 Å². The van der Waals surface area contributed by atoms with E-state index in [0.717, 1.165) is 11.4 Å². The van der Waals surface area contributed by atoms with Crippen molar-refractivity contribution in [1.82, 2.24) is 0 Å². The lowest BCUT2D eigenvalue weighted by molar-refractivity contribution is 0.880. The molecule has 0 saturated heterocycles. The maximum Gasteiger partial charge on any atom is 0.0314 e. The van der Waals surface area contributed by atoms with Crippen LogP contribution in [-0.4, -0.2) is 5.75 Å². The molecular formula is C15H17NS. The Labute approximate surface area is 107 Å². The van der Waals surface area contributed by atoms with Crippen LogP contribution in [0.3, 0.4) is 0 Å². The van der Waals surface area contributed by atoms with E-state index in [1.807, 2.05) is 23.9 Å². The van der Waals surface area contributed by atoms with Crippen LogP contribution in [0.25, 0.3) is 0 Å². The Bertz CT molecular complexity index is 450. The molecule has 0 fully saturated rings. The highest BCUT2D eigenvalue weighted by molar-refractivity contribution is 7.99. The third-order valence-electron chi connectivity index (χ3n) is 2.75. The Balaban J connectivity index is 1.92. The number of anilines is 1. The van der Waals surface area contributed by atoms with Crippen molar-refractivity contribution in [3.63, 3.8) is 0 Å². The first-order valence-electron chi connectivity index (χ1n) is 5.79. The van der Waals surface area contributed by atoms with Crippen LogP contribution >= 0.6 is 11.8 Å². The Morgan fingerprint density at radius 1 is 1.00 bits per heavy atom. The summed E-state index contributed by atoms with van der Waals surface area (Å²) in [5.74, 6) is 1.66. The second kappa shape index (κ2) is 5.78. The SMILES string of the molecule is CC(CSc1ccc(N)cc1)c1ccccc1. The first-order chi connectivity index (χ1) is 8.25. The van der Waals surface area contributed by atoms with Gasteiger partial charge in [-0.05, 0) is 35.7 Å². The highest BCUT2D eigenvalue weighted by atomic mass is 32.2. The van der Waals surface area contributed by atoms with Crippen LogP contribution in [-0.2, 0) is 0 Å². The average molecular weight is 243 g/mol. The van der Waals surface area contributed by atoms with E-state index in [4.69, 9.17) is 5.73 Å². The maximum atomic E-state index is 5.66. The summed E-state index contributed by atoms with van der Waals surface area (Å²) in [6.45, 7) is 2.26. The minimum Gasteiger partial charge on any atom is -0.399 e. The van der Waals surface area contributed by atoms with Crippen LogP contribution in [0.4, 0.5) is 5.69 Å². The van der Waals surface area contributed by atoms with Crippen molar-refractivity contribution < 1.29 is 0 Å². The third-order valence-corrected chi connectivity index (χ3v) is 4.02. The van der Waals surface area contributed by atoms with Gasteiger partial charge < -0.3 is 5.73 Å². The first kappa shape index (κ1) is 12.1. The van der Waals surface area contributed by atoms with E-state index >= 15 is 0 Å². The smallest absolute Gasteiger partial charge is 0.0314 e. The Morgan fingerprint density at radius 2 is 1.65 bits per heavy atom. The van der Waals surface area contributed by atoms with Gasteiger partial charge in [0.15, 0.2) is 0 Å². The van der Waals surface area contributed by atoms with Crippen LogP contribution in [0.2, 0.25) is 0 Å². The molecule has 17 heavy (non-hydrogen) atoms. The van der Waals surface area contributed by atoms with Crippen LogP contribution in [0, 0.1) is 0 Å². The molecule has 0 spiro atoms. The molecule has 0 radical (unpaired) electrons. The molecule has 0 aliphatic heterocycles. The summed E-state index contributed by atoms with van der Waals surface area (Å²) >= 11 is 1.88. The van der Waals surface area contributed by atoms with Gasteiger partial charge in [0.2, 0.25) is 0 Å². The van der Waals surface area contributed by atoms with Gasteiger partial charge in [-0.15, -0.1) is 11.8 Å². The first-order valence-corrected chi connectivity index (χ1v) is 6.77. The molecule has 1 unspecified atom stereocenters. The standard InChI is InChI=1S/C15H17NS/c1-12(13-5-3-2-4-6-13)11-17-15-9-7-14(16)8-10-15/h2-10,12H,11,16H2,1H3. The fourth-order valence-corrected chi connectivity index (χ4v) is 2.63. The normalized spacial score (nSPS) is 12.3. The van der Waals surface area contributed by atoms with E-state index in [0.29, 0.717) is 5.92 Å². The van der Waals surface area contributed by atoms with E-state index in [9.17, 15) is 0 Å². The molecule has 0 heterocycles. The molecule has 2 aromatic carbocycles. The molecule has 1 atom stereocenters. The zero-order chi connectivity index (χ0) is 12.1.